The molecule has 0 bridgehead atoms. The first-order valence-electron chi connectivity index (χ1n) is 16.3. The maximum absolute atomic E-state index is 15.6. The monoisotopic (exact) mass is 698 g/mol. The van der Waals surface area contributed by atoms with Crippen molar-refractivity contribution in [3.63, 3.8) is 0 Å². The number of anilines is 2. The number of ether oxygens (including phenoxy) is 2. The molecule has 1 aliphatic rings. The molecule has 1 fully saturated rings. The molecule has 0 atom stereocenters. The predicted octanol–water partition coefficient (Wildman–Crippen LogP) is 10.8. The van der Waals surface area contributed by atoms with Crippen LogP contribution in [0.5, 0.6) is 11.5 Å². The minimum absolute atomic E-state index is 0.194. The predicted molar refractivity (Wildman–Crippen MR) is 193 cm³/mol. The molecular weight excluding hydrogens is 643 g/mol. The van der Waals surface area contributed by atoms with Crippen LogP contribution in [0.15, 0.2) is 22.9 Å². The Hall–Kier alpha value is -2.45. The van der Waals surface area contributed by atoms with Crippen LogP contribution in [0.2, 0.25) is 0 Å². The third-order valence-corrected chi connectivity index (χ3v) is 13.5. The molecule has 2 aromatic carbocycles. The van der Waals surface area contributed by atoms with Gasteiger partial charge in [-0.3, -0.25) is 0 Å². The summed E-state index contributed by atoms with van der Waals surface area (Å²) in [6.07, 6.45) is 1.50. The quantitative estimate of drug-likeness (QED) is 0.267. The second kappa shape index (κ2) is 11.0. The van der Waals surface area contributed by atoms with E-state index >= 15 is 4.39 Å². The van der Waals surface area contributed by atoms with Gasteiger partial charge < -0.3 is 20.1 Å². The molecule has 0 unspecified atom stereocenters. The first-order chi connectivity index (χ1) is 20.6. The lowest BCUT2D eigenvalue weighted by molar-refractivity contribution is -0.246. The Morgan fingerprint density at radius 2 is 1.28 bits per heavy atom. The molecular formula is C38H56BrFN4O2. The van der Waals surface area contributed by atoms with Crippen molar-refractivity contribution >= 4 is 38.3 Å². The normalized spacial score (nSPS) is 20.0. The van der Waals surface area contributed by atoms with E-state index in [1.54, 1.807) is 6.92 Å². The first-order valence-corrected chi connectivity index (χ1v) is 17.1. The van der Waals surface area contributed by atoms with E-state index in [0.29, 0.717) is 39.5 Å². The van der Waals surface area contributed by atoms with Crippen LogP contribution in [0, 0.1) is 42.8 Å². The Labute approximate surface area is 285 Å². The summed E-state index contributed by atoms with van der Waals surface area (Å²) >= 11 is 3.54. The molecule has 1 aromatic heterocycles. The van der Waals surface area contributed by atoms with Crippen molar-refractivity contribution in [2.75, 3.05) is 5.32 Å². The van der Waals surface area contributed by atoms with Gasteiger partial charge >= 0.3 is 0 Å². The Bertz CT molecular complexity index is 1630. The maximum Gasteiger partial charge on any atom is 0.164 e. The van der Waals surface area contributed by atoms with Gasteiger partial charge in [0.1, 0.15) is 23.3 Å². The van der Waals surface area contributed by atoms with E-state index in [1.807, 2.05) is 46.8 Å². The maximum atomic E-state index is 15.6. The van der Waals surface area contributed by atoms with Crippen molar-refractivity contribution in [1.29, 1.82) is 0 Å². The van der Waals surface area contributed by atoms with E-state index in [1.165, 1.54) is 6.33 Å². The molecule has 0 aliphatic carbocycles. The van der Waals surface area contributed by atoms with Gasteiger partial charge in [-0.1, -0.05) is 50.5 Å². The highest BCUT2D eigenvalue weighted by molar-refractivity contribution is 9.10. The summed E-state index contributed by atoms with van der Waals surface area (Å²) in [4.78, 5) is 9.20. The highest BCUT2D eigenvalue weighted by atomic mass is 79.9. The van der Waals surface area contributed by atoms with E-state index in [0.717, 1.165) is 15.6 Å². The first kappa shape index (κ1) is 36.4. The fourth-order valence-corrected chi connectivity index (χ4v) is 8.48. The minimum atomic E-state index is -0.666. The summed E-state index contributed by atoms with van der Waals surface area (Å²) < 4.78 is 30.2. The summed E-state index contributed by atoms with van der Waals surface area (Å²) in [5.41, 5.74) is 1.07. The summed E-state index contributed by atoms with van der Waals surface area (Å²) in [5, 5.41) is 7.99. The van der Waals surface area contributed by atoms with Gasteiger partial charge in [-0.15, -0.1) is 0 Å². The number of nitrogens with one attached hydrogen (secondary N) is 2. The Morgan fingerprint density at radius 1 is 0.761 bits per heavy atom. The van der Waals surface area contributed by atoms with Crippen LogP contribution in [0.1, 0.15) is 114 Å². The highest BCUT2D eigenvalue weighted by Gasteiger charge is 2.72. The molecule has 0 amide bonds. The van der Waals surface area contributed by atoms with Crippen LogP contribution in [0.4, 0.5) is 15.9 Å². The minimum Gasteiger partial charge on any atom is -0.484 e. The molecule has 254 valence electrons. The van der Waals surface area contributed by atoms with Crippen LogP contribution < -0.4 is 20.1 Å². The average Bonchev–Trinajstić information content (AvgIpc) is 2.90. The average molecular weight is 700 g/mol. The lowest BCUT2D eigenvalue weighted by Crippen LogP contribution is -2.81. The third kappa shape index (κ3) is 5.39. The number of aromatic nitrogens is 2. The van der Waals surface area contributed by atoms with Crippen molar-refractivity contribution in [2.45, 2.75) is 140 Å². The third-order valence-electron chi connectivity index (χ3n) is 12.3. The SMILES string of the molecule is Cc1c(C)c(Nc2ncnc3cc(OC(C)(C)C4(C)C(C)(C)C(C)(C)NC(C)(C)C4(C)C)c(OC(C)(C)C)cc23)c(F)c(C)c1Br. The van der Waals surface area contributed by atoms with E-state index in [9.17, 15) is 0 Å². The molecule has 3 aromatic rings. The van der Waals surface area contributed by atoms with Crippen molar-refractivity contribution in [2.24, 2.45) is 16.2 Å². The van der Waals surface area contributed by atoms with E-state index in [2.05, 4.69) is 113 Å². The Balaban J connectivity index is 1.92. The molecule has 6 nitrogen and oxygen atoms in total. The van der Waals surface area contributed by atoms with Crippen LogP contribution in [-0.4, -0.2) is 32.2 Å². The topological polar surface area (TPSA) is 68.3 Å². The van der Waals surface area contributed by atoms with Crippen LogP contribution in [0.25, 0.3) is 10.9 Å². The van der Waals surface area contributed by atoms with E-state index < -0.39 is 11.2 Å². The standard InChI is InChI=1S/C38H56BrFN4O2/c1-21-22(2)30(29(40)23(3)28(21)39)43-31-24-18-26(45-32(4,5)6)27(19-25(24)41-20-42-31)46-37(15,16)38(17)33(7,8)35(11,12)44-36(13,14)34(38,9)10/h18-20,44H,1-17H3,(H,41,42,43). The number of hydrogen-bond donors (Lipinski definition) is 2. The smallest absolute Gasteiger partial charge is 0.164 e. The van der Waals surface area contributed by atoms with Gasteiger partial charge in [-0.2, -0.15) is 0 Å². The zero-order chi connectivity index (χ0) is 35.2. The zero-order valence-corrected chi connectivity index (χ0v) is 32.8. The second-order valence-corrected chi connectivity index (χ2v) is 17.9. The zero-order valence-electron chi connectivity index (χ0n) is 31.2. The van der Waals surface area contributed by atoms with Gasteiger partial charge in [0.2, 0.25) is 0 Å². The largest absolute Gasteiger partial charge is 0.484 e. The molecule has 46 heavy (non-hydrogen) atoms. The summed E-state index contributed by atoms with van der Waals surface area (Å²) in [7, 11) is 0. The fraction of sp³-hybridized carbons (Fsp3) is 0.632. The number of fused-ring (bicyclic) bond motifs is 1. The molecule has 1 aliphatic heterocycles. The lowest BCUT2D eigenvalue weighted by atomic mass is 9.37. The Morgan fingerprint density at radius 3 is 1.80 bits per heavy atom. The number of rotatable bonds is 6. The van der Waals surface area contributed by atoms with Crippen molar-refractivity contribution in [1.82, 2.24) is 15.3 Å². The molecule has 0 saturated carbocycles. The molecule has 2 N–H and O–H groups in total. The summed E-state index contributed by atoms with van der Waals surface area (Å²) in [6.45, 7) is 37.1. The molecule has 0 radical (unpaired) electrons. The number of piperidine rings is 1. The highest BCUT2D eigenvalue weighted by Crippen LogP contribution is 2.68. The van der Waals surface area contributed by atoms with Crippen LogP contribution in [0.3, 0.4) is 0 Å². The molecule has 2 heterocycles. The van der Waals surface area contributed by atoms with Crippen molar-refractivity contribution in [3.05, 3.63) is 45.4 Å². The van der Waals surface area contributed by atoms with Crippen LogP contribution >= 0.6 is 15.9 Å². The number of benzene rings is 2. The summed E-state index contributed by atoms with van der Waals surface area (Å²) in [5.74, 6) is 1.37. The molecule has 1 saturated heterocycles. The number of nitrogens with zero attached hydrogens (tertiary/aromatic N) is 2. The molecule has 0 spiro atoms. The van der Waals surface area contributed by atoms with Gasteiger partial charge in [-0.25, -0.2) is 14.4 Å². The second-order valence-electron chi connectivity index (χ2n) is 17.1. The van der Waals surface area contributed by atoms with Crippen molar-refractivity contribution < 1.29 is 13.9 Å². The van der Waals surface area contributed by atoms with Gasteiger partial charge in [0, 0.05) is 38.0 Å². The molecule has 4 rings (SSSR count). The fourth-order valence-electron chi connectivity index (χ4n) is 8.01. The van der Waals surface area contributed by atoms with Crippen molar-refractivity contribution in [3.8, 4) is 11.5 Å². The van der Waals surface area contributed by atoms with Gasteiger partial charge in [0.25, 0.3) is 0 Å². The number of hydrogen-bond acceptors (Lipinski definition) is 6. The number of halogens is 2. The van der Waals surface area contributed by atoms with Gasteiger partial charge in [0.15, 0.2) is 17.3 Å². The molecule has 8 heteroatoms. The van der Waals surface area contributed by atoms with Gasteiger partial charge in [-0.05, 0) is 111 Å². The summed E-state index contributed by atoms with van der Waals surface area (Å²) in [6, 6.07) is 3.86. The van der Waals surface area contributed by atoms with E-state index in [-0.39, 0.29) is 33.1 Å². The van der Waals surface area contributed by atoms with Crippen LogP contribution in [-0.2, 0) is 0 Å². The van der Waals surface area contributed by atoms with Gasteiger partial charge in [0.05, 0.1) is 11.2 Å². The Kier molecular flexibility index (Phi) is 8.74. The van der Waals surface area contributed by atoms with E-state index in [4.69, 9.17) is 9.47 Å². The lowest BCUT2D eigenvalue weighted by Gasteiger charge is -2.74.